The van der Waals surface area contributed by atoms with Crippen molar-refractivity contribution in [2.45, 2.75) is 12.5 Å². The highest BCUT2D eigenvalue weighted by Crippen LogP contribution is 2.31. The van der Waals surface area contributed by atoms with Crippen molar-refractivity contribution in [2.24, 2.45) is 0 Å². The second kappa shape index (κ2) is 6.59. The Kier molecular flexibility index (Phi) is 4.58. The lowest BCUT2D eigenvalue weighted by molar-refractivity contribution is 0.451. The Bertz CT molecular complexity index is 631. The molecule has 104 valence electrons. The summed E-state index contributed by atoms with van der Waals surface area (Å²) in [5.74, 6) is 0.925. The van der Waals surface area contributed by atoms with Crippen molar-refractivity contribution in [1.29, 1.82) is 0 Å². The third kappa shape index (κ3) is 3.33. The van der Waals surface area contributed by atoms with Gasteiger partial charge in [0.2, 0.25) is 0 Å². The van der Waals surface area contributed by atoms with Crippen molar-refractivity contribution in [1.82, 2.24) is 5.32 Å². The van der Waals surface area contributed by atoms with Crippen LogP contribution in [-0.4, -0.2) is 6.54 Å². The lowest BCUT2D eigenvalue weighted by Crippen LogP contribution is -2.23. The molecule has 0 fully saturated rings. The molecule has 0 amide bonds. The quantitative estimate of drug-likeness (QED) is 0.692. The van der Waals surface area contributed by atoms with Crippen LogP contribution in [0.4, 0.5) is 0 Å². The van der Waals surface area contributed by atoms with E-state index in [0.29, 0.717) is 0 Å². The van der Waals surface area contributed by atoms with Gasteiger partial charge >= 0.3 is 0 Å². The highest BCUT2D eigenvalue weighted by molar-refractivity contribution is 7.16. The first-order valence-corrected chi connectivity index (χ1v) is 8.50. The van der Waals surface area contributed by atoms with Gasteiger partial charge in [0.1, 0.15) is 11.8 Å². The maximum atomic E-state index is 6.04. The van der Waals surface area contributed by atoms with Gasteiger partial charge in [-0.2, -0.15) is 11.3 Å². The molecule has 0 saturated heterocycles. The lowest BCUT2D eigenvalue weighted by Gasteiger charge is -2.15. The molecule has 2 nitrogen and oxygen atoms in total. The zero-order valence-corrected chi connectivity index (χ0v) is 13.1. The number of thiophene rings is 2. The zero-order chi connectivity index (χ0) is 13.8. The molecule has 20 heavy (non-hydrogen) atoms. The molecule has 0 saturated carbocycles. The van der Waals surface area contributed by atoms with E-state index in [1.54, 1.807) is 28.9 Å². The molecule has 3 heterocycles. The van der Waals surface area contributed by atoms with Crippen molar-refractivity contribution >= 4 is 34.3 Å². The predicted octanol–water partition coefficient (Wildman–Crippen LogP) is 4.98. The maximum Gasteiger partial charge on any atom is 0.126 e. The normalized spacial score (nSPS) is 12.7. The third-order valence-corrected chi connectivity index (χ3v) is 5.08. The molecule has 1 unspecified atom stereocenters. The van der Waals surface area contributed by atoms with Gasteiger partial charge in [-0.15, -0.1) is 11.3 Å². The van der Waals surface area contributed by atoms with E-state index in [1.165, 1.54) is 10.4 Å². The van der Waals surface area contributed by atoms with Gasteiger partial charge in [-0.25, -0.2) is 0 Å². The largest absolute Gasteiger partial charge is 0.467 e. The van der Waals surface area contributed by atoms with Gasteiger partial charge in [-0.1, -0.05) is 11.6 Å². The van der Waals surface area contributed by atoms with Crippen LogP contribution in [-0.2, 0) is 6.42 Å². The monoisotopic (exact) mass is 323 g/mol. The highest BCUT2D eigenvalue weighted by Gasteiger charge is 2.18. The summed E-state index contributed by atoms with van der Waals surface area (Å²) in [6, 6.07) is 10.1. The Morgan fingerprint density at radius 3 is 2.85 bits per heavy atom. The molecule has 0 aromatic carbocycles. The molecule has 0 aliphatic rings. The SMILES string of the molecule is Clc1ccc(C(NCCc2ccsc2)c2ccco2)s1. The first-order chi connectivity index (χ1) is 9.83. The minimum absolute atomic E-state index is 0.0705. The lowest BCUT2D eigenvalue weighted by atomic mass is 10.1. The first kappa shape index (κ1) is 13.9. The fourth-order valence-electron chi connectivity index (χ4n) is 2.08. The van der Waals surface area contributed by atoms with E-state index in [2.05, 4.69) is 28.2 Å². The molecule has 3 rings (SSSR count). The van der Waals surface area contributed by atoms with Gasteiger partial charge in [0.15, 0.2) is 0 Å². The number of hydrogen-bond acceptors (Lipinski definition) is 4. The van der Waals surface area contributed by atoms with Crippen LogP contribution in [0.3, 0.4) is 0 Å². The van der Waals surface area contributed by atoms with E-state index >= 15 is 0 Å². The van der Waals surface area contributed by atoms with Crippen LogP contribution in [0.25, 0.3) is 0 Å². The molecule has 5 heteroatoms. The van der Waals surface area contributed by atoms with Crippen LogP contribution in [0.1, 0.15) is 22.2 Å². The number of hydrogen-bond donors (Lipinski definition) is 1. The second-order valence-electron chi connectivity index (χ2n) is 4.43. The van der Waals surface area contributed by atoms with Crippen molar-refractivity contribution in [2.75, 3.05) is 6.54 Å². The maximum absolute atomic E-state index is 6.04. The topological polar surface area (TPSA) is 25.2 Å². The molecule has 0 aliphatic heterocycles. The summed E-state index contributed by atoms with van der Waals surface area (Å²) >= 11 is 9.36. The number of rotatable bonds is 6. The highest BCUT2D eigenvalue weighted by atomic mass is 35.5. The summed E-state index contributed by atoms with van der Waals surface area (Å²) in [5.41, 5.74) is 1.37. The minimum atomic E-state index is 0.0705. The number of nitrogens with one attached hydrogen (secondary N) is 1. The average Bonchev–Trinajstić information content (AvgIpc) is 3.17. The average molecular weight is 324 g/mol. The summed E-state index contributed by atoms with van der Waals surface area (Å²) in [7, 11) is 0. The van der Waals surface area contributed by atoms with E-state index in [-0.39, 0.29) is 6.04 Å². The Morgan fingerprint density at radius 1 is 1.25 bits per heavy atom. The molecule has 0 bridgehead atoms. The molecular formula is C15H14ClNOS2. The van der Waals surface area contributed by atoms with E-state index in [4.69, 9.17) is 16.0 Å². The van der Waals surface area contributed by atoms with Crippen LogP contribution in [0.15, 0.2) is 51.8 Å². The molecular weight excluding hydrogens is 310 g/mol. The van der Waals surface area contributed by atoms with Crippen LogP contribution in [0, 0.1) is 0 Å². The Labute approximate surface area is 131 Å². The van der Waals surface area contributed by atoms with Gasteiger partial charge < -0.3 is 9.73 Å². The summed E-state index contributed by atoms with van der Waals surface area (Å²) in [5, 5.41) is 7.85. The molecule has 0 spiro atoms. The third-order valence-electron chi connectivity index (χ3n) is 3.05. The van der Waals surface area contributed by atoms with Crippen LogP contribution < -0.4 is 5.32 Å². The summed E-state index contributed by atoms with van der Waals surface area (Å²) in [4.78, 5) is 1.18. The molecule has 1 N–H and O–H groups in total. The van der Waals surface area contributed by atoms with E-state index in [9.17, 15) is 0 Å². The van der Waals surface area contributed by atoms with Gasteiger partial charge in [0.05, 0.1) is 10.6 Å². The Balaban J connectivity index is 1.70. The van der Waals surface area contributed by atoms with E-state index < -0.39 is 0 Å². The fraction of sp³-hybridized carbons (Fsp3) is 0.200. The van der Waals surface area contributed by atoms with Gasteiger partial charge in [-0.3, -0.25) is 0 Å². The van der Waals surface area contributed by atoms with Crippen molar-refractivity contribution in [3.63, 3.8) is 0 Å². The van der Waals surface area contributed by atoms with Gasteiger partial charge in [0.25, 0.3) is 0 Å². The minimum Gasteiger partial charge on any atom is -0.467 e. The Hall–Kier alpha value is -1.07. The standard InChI is InChI=1S/C15H14ClNOS2/c16-14-4-3-13(20-14)15(12-2-1-8-18-12)17-7-5-11-6-9-19-10-11/h1-4,6,8-10,15,17H,5,7H2. The molecule has 0 aliphatic carbocycles. The van der Waals surface area contributed by atoms with Gasteiger partial charge in [0, 0.05) is 11.4 Å². The van der Waals surface area contributed by atoms with Crippen LogP contribution in [0.2, 0.25) is 4.34 Å². The molecule has 3 aromatic rings. The molecule has 1 atom stereocenters. The fourth-order valence-corrected chi connectivity index (χ4v) is 3.92. The van der Waals surface area contributed by atoms with Crippen molar-refractivity contribution < 1.29 is 4.42 Å². The molecule has 3 aromatic heterocycles. The van der Waals surface area contributed by atoms with Crippen LogP contribution >= 0.6 is 34.3 Å². The predicted molar refractivity (Wildman–Crippen MR) is 85.9 cm³/mol. The summed E-state index contributed by atoms with van der Waals surface area (Å²) in [6.45, 7) is 0.900. The Morgan fingerprint density at radius 2 is 2.20 bits per heavy atom. The first-order valence-electron chi connectivity index (χ1n) is 6.36. The van der Waals surface area contributed by atoms with E-state index in [0.717, 1.165) is 23.1 Å². The van der Waals surface area contributed by atoms with Crippen LogP contribution in [0.5, 0.6) is 0 Å². The van der Waals surface area contributed by atoms with E-state index in [1.807, 2.05) is 18.2 Å². The smallest absolute Gasteiger partial charge is 0.126 e. The van der Waals surface area contributed by atoms with Crippen molar-refractivity contribution in [3.05, 3.63) is 67.9 Å². The summed E-state index contributed by atoms with van der Waals surface area (Å²) < 4.78 is 6.35. The summed E-state index contributed by atoms with van der Waals surface area (Å²) in [6.07, 6.45) is 2.72. The number of halogens is 1. The molecule has 0 radical (unpaired) electrons. The van der Waals surface area contributed by atoms with Gasteiger partial charge in [-0.05, 0) is 53.1 Å². The number of furan rings is 1. The second-order valence-corrected chi connectivity index (χ2v) is 6.95. The zero-order valence-electron chi connectivity index (χ0n) is 10.7. The van der Waals surface area contributed by atoms with Crippen molar-refractivity contribution in [3.8, 4) is 0 Å².